The molecule has 0 fully saturated rings. The van der Waals surface area contributed by atoms with Crippen LogP contribution in [-0.4, -0.2) is 17.0 Å². The third kappa shape index (κ3) is 4.25. The lowest BCUT2D eigenvalue weighted by Crippen LogP contribution is -2.19. The number of halogens is 6. The van der Waals surface area contributed by atoms with Gasteiger partial charge in [-0.3, -0.25) is 4.79 Å². The van der Waals surface area contributed by atoms with Crippen LogP contribution in [0.15, 0.2) is 30.0 Å². The fraction of sp³-hybridized carbons (Fsp3) is 0.0667. The standard InChI is InChI=1S/C15H7Br4Cl2NO3/c1-4-2-5(20)6(21)3-7(4)22-14(23)8-9(15(24)25)11(17)13(19)12(18)10(8)16/h2-3H,1H3,(H,22,23)(H,24,25). The number of carbonyl (C=O) groups excluding carboxylic acids is 1. The summed E-state index contributed by atoms with van der Waals surface area (Å²) in [6.45, 7) is 1.75. The lowest BCUT2D eigenvalue weighted by Gasteiger charge is -2.16. The Morgan fingerprint density at radius 2 is 1.40 bits per heavy atom. The third-order valence-corrected chi connectivity index (χ3v) is 8.71. The summed E-state index contributed by atoms with van der Waals surface area (Å²) in [6, 6.07) is 3.12. The second kappa shape index (κ2) is 8.27. The number of hydrogen-bond acceptors (Lipinski definition) is 2. The van der Waals surface area contributed by atoms with Crippen molar-refractivity contribution in [1.82, 2.24) is 0 Å². The largest absolute Gasteiger partial charge is 0.478 e. The molecule has 2 aromatic rings. The lowest BCUT2D eigenvalue weighted by atomic mass is 10.1. The number of aromatic carboxylic acids is 1. The summed E-state index contributed by atoms with van der Waals surface area (Å²) in [4.78, 5) is 24.5. The zero-order valence-electron chi connectivity index (χ0n) is 12.2. The molecule has 1 amide bonds. The Morgan fingerprint density at radius 1 is 0.920 bits per heavy atom. The molecule has 0 aliphatic heterocycles. The molecule has 2 N–H and O–H groups in total. The van der Waals surface area contributed by atoms with Gasteiger partial charge in [-0.15, -0.1) is 0 Å². The van der Waals surface area contributed by atoms with E-state index in [0.29, 0.717) is 29.7 Å². The quantitative estimate of drug-likeness (QED) is 0.274. The van der Waals surface area contributed by atoms with Crippen LogP contribution in [0.4, 0.5) is 5.69 Å². The molecule has 4 nitrogen and oxygen atoms in total. The summed E-state index contributed by atoms with van der Waals surface area (Å²) in [7, 11) is 0. The fourth-order valence-electron chi connectivity index (χ4n) is 2.01. The predicted molar refractivity (Wildman–Crippen MR) is 113 cm³/mol. The van der Waals surface area contributed by atoms with Gasteiger partial charge in [0.15, 0.2) is 0 Å². The number of carboxylic acid groups (broad SMARTS) is 1. The second-order valence-corrected chi connectivity index (χ2v) is 8.83. The number of carbonyl (C=O) groups is 2. The molecular weight excluding hydrogens is 633 g/mol. The van der Waals surface area contributed by atoms with E-state index in [1.54, 1.807) is 13.0 Å². The van der Waals surface area contributed by atoms with E-state index < -0.39 is 11.9 Å². The monoisotopic (exact) mass is 635 g/mol. The van der Waals surface area contributed by atoms with Gasteiger partial charge in [0.2, 0.25) is 0 Å². The van der Waals surface area contributed by atoms with Crippen LogP contribution in [-0.2, 0) is 0 Å². The zero-order valence-corrected chi connectivity index (χ0v) is 20.0. The maximum absolute atomic E-state index is 12.8. The second-order valence-electron chi connectivity index (χ2n) is 4.85. The topological polar surface area (TPSA) is 66.4 Å². The summed E-state index contributed by atoms with van der Waals surface area (Å²) in [5, 5.41) is 12.8. The first kappa shape index (κ1) is 21.2. The average molecular weight is 640 g/mol. The summed E-state index contributed by atoms with van der Waals surface area (Å²) in [5.74, 6) is -1.86. The Hall–Kier alpha value is -0.120. The molecule has 25 heavy (non-hydrogen) atoms. The molecule has 0 atom stereocenters. The summed E-state index contributed by atoms with van der Waals surface area (Å²) in [6.07, 6.45) is 0. The van der Waals surface area contributed by atoms with Crippen molar-refractivity contribution < 1.29 is 14.7 Å². The van der Waals surface area contributed by atoms with Gasteiger partial charge in [-0.2, -0.15) is 0 Å². The molecule has 0 saturated heterocycles. The van der Waals surface area contributed by atoms with E-state index >= 15 is 0 Å². The van der Waals surface area contributed by atoms with Crippen molar-refractivity contribution in [2.24, 2.45) is 0 Å². The van der Waals surface area contributed by atoms with Gasteiger partial charge < -0.3 is 10.4 Å². The highest BCUT2D eigenvalue weighted by atomic mass is 79.9. The highest BCUT2D eigenvalue weighted by Gasteiger charge is 2.28. The van der Waals surface area contributed by atoms with Crippen LogP contribution in [0.5, 0.6) is 0 Å². The number of rotatable bonds is 3. The first-order chi connectivity index (χ1) is 11.6. The Balaban J connectivity index is 2.61. The Labute approximate surface area is 186 Å². The number of carboxylic acids is 1. The molecule has 0 spiro atoms. The molecular formula is C15H7Br4Cl2NO3. The maximum Gasteiger partial charge on any atom is 0.337 e. The number of hydrogen-bond donors (Lipinski definition) is 2. The van der Waals surface area contributed by atoms with Crippen LogP contribution in [0.3, 0.4) is 0 Å². The van der Waals surface area contributed by atoms with Gasteiger partial charge in [0.05, 0.1) is 21.2 Å². The van der Waals surface area contributed by atoms with Crippen LogP contribution in [0.1, 0.15) is 26.3 Å². The highest BCUT2D eigenvalue weighted by Crippen LogP contribution is 2.42. The molecule has 10 heteroatoms. The van der Waals surface area contributed by atoms with Crippen molar-refractivity contribution in [1.29, 1.82) is 0 Å². The van der Waals surface area contributed by atoms with Gasteiger partial charge >= 0.3 is 5.97 Å². The van der Waals surface area contributed by atoms with Crippen molar-refractivity contribution in [2.75, 3.05) is 5.32 Å². The van der Waals surface area contributed by atoms with Gasteiger partial charge in [0, 0.05) is 23.6 Å². The van der Waals surface area contributed by atoms with Crippen LogP contribution >= 0.6 is 86.9 Å². The van der Waals surface area contributed by atoms with Gasteiger partial charge in [0.25, 0.3) is 5.91 Å². The molecule has 2 rings (SSSR count). The van der Waals surface area contributed by atoms with Crippen molar-refractivity contribution in [3.8, 4) is 0 Å². The van der Waals surface area contributed by atoms with E-state index in [1.165, 1.54) is 6.07 Å². The summed E-state index contributed by atoms with van der Waals surface area (Å²) < 4.78 is 1.51. The van der Waals surface area contributed by atoms with E-state index in [4.69, 9.17) is 23.2 Å². The number of amides is 1. The summed E-state index contributed by atoms with van der Waals surface area (Å²) in [5.41, 5.74) is 0.890. The average Bonchev–Trinajstić information content (AvgIpc) is 2.53. The first-order valence-electron chi connectivity index (χ1n) is 6.42. The molecule has 2 aromatic carbocycles. The van der Waals surface area contributed by atoms with E-state index in [-0.39, 0.29) is 20.6 Å². The molecule has 0 saturated carbocycles. The van der Waals surface area contributed by atoms with Crippen LogP contribution in [0, 0.1) is 6.92 Å². The predicted octanol–water partition coefficient (Wildman–Crippen LogP) is 7.30. The van der Waals surface area contributed by atoms with Crippen LogP contribution in [0.25, 0.3) is 0 Å². The molecule has 0 aliphatic rings. The van der Waals surface area contributed by atoms with E-state index in [1.807, 2.05) is 0 Å². The van der Waals surface area contributed by atoms with Crippen LogP contribution < -0.4 is 5.32 Å². The zero-order chi connectivity index (χ0) is 19.0. The smallest absolute Gasteiger partial charge is 0.337 e. The third-order valence-electron chi connectivity index (χ3n) is 3.22. The van der Waals surface area contributed by atoms with Crippen molar-refractivity contribution in [3.63, 3.8) is 0 Å². The molecule has 0 aromatic heterocycles. The Morgan fingerprint density at radius 3 is 1.92 bits per heavy atom. The Bertz CT molecular complexity index is 919. The van der Waals surface area contributed by atoms with E-state index in [2.05, 4.69) is 69.0 Å². The SMILES string of the molecule is Cc1cc(Cl)c(Cl)cc1NC(=O)c1c(Br)c(Br)c(Br)c(Br)c1C(=O)O. The van der Waals surface area contributed by atoms with Gasteiger partial charge in [-0.25, -0.2) is 4.79 Å². The molecule has 132 valence electrons. The van der Waals surface area contributed by atoms with Crippen LogP contribution in [0.2, 0.25) is 10.0 Å². The molecule has 0 unspecified atom stereocenters. The van der Waals surface area contributed by atoms with E-state index in [0.717, 1.165) is 0 Å². The van der Waals surface area contributed by atoms with Gasteiger partial charge in [-0.05, 0) is 88.3 Å². The number of benzene rings is 2. The normalized spacial score (nSPS) is 10.7. The van der Waals surface area contributed by atoms with Gasteiger partial charge in [0.1, 0.15) is 0 Å². The molecule has 0 aliphatic carbocycles. The minimum atomic E-state index is -1.25. The van der Waals surface area contributed by atoms with Crippen molar-refractivity contribution >= 4 is 104 Å². The van der Waals surface area contributed by atoms with E-state index in [9.17, 15) is 14.7 Å². The minimum Gasteiger partial charge on any atom is -0.478 e. The van der Waals surface area contributed by atoms with Gasteiger partial charge in [-0.1, -0.05) is 23.2 Å². The molecule has 0 heterocycles. The first-order valence-corrected chi connectivity index (χ1v) is 10.3. The number of nitrogens with one attached hydrogen (secondary N) is 1. The number of aryl methyl sites for hydroxylation is 1. The number of anilines is 1. The fourth-order valence-corrected chi connectivity index (χ4v) is 4.86. The molecule has 0 bridgehead atoms. The lowest BCUT2D eigenvalue weighted by molar-refractivity contribution is 0.0691. The highest BCUT2D eigenvalue weighted by molar-refractivity contribution is 9.15. The maximum atomic E-state index is 12.8. The minimum absolute atomic E-state index is 0.0417. The molecule has 0 radical (unpaired) electrons. The van der Waals surface area contributed by atoms with Crippen molar-refractivity contribution in [3.05, 3.63) is 56.8 Å². The summed E-state index contributed by atoms with van der Waals surface area (Å²) >= 11 is 25.0. The Kier molecular flexibility index (Phi) is 7.01. The van der Waals surface area contributed by atoms with Crippen molar-refractivity contribution in [2.45, 2.75) is 6.92 Å².